The summed E-state index contributed by atoms with van der Waals surface area (Å²) >= 11 is 6.28. The molecule has 26 heavy (non-hydrogen) atoms. The number of carbonyl (C=O) groups excluding carboxylic acids is 1. The van der Waals surface area contributed by atoms with E-state index in [1.807, 2.05) is 24.3 Å². The predicted octanol–water partition coefficient (Wildman–Crippen LogP) is 3.58. The molecule has 0 spiro atoms. The predicted molar refractivity (Wildman–Crippen MR) is 97.9 cm³/mol. The van der Waals surface area contributed by atoms with Crippen molar-refractivity contribution < 1.29 is 14.7 Å². The number of aliphatic carboxylic acids is 1. The van der Waals surface area contributed by atoms with Crippen molar-refractivity contribution >= 4 is 23.5 Å². The fraction of sp³-hybridized carbons (Fsp3) is 0.350. The van der Waals surface area contributed by atoms with Gasteiger partial charge in [-0.1, -0.05) is 23.7 Å². The Kier molecular flexibility index (Phi) is 4.41. The van der Waals surface area contributed by atoms with Crippen LogP contribution in [0.1, 0.15) is 23.2 Å². The highest BCUT2D eigenvalue weighted by atomic mass is 35.5. The Morgan fingerprint density at radius 2 is 1.96 bits per heavy atom. The molecule has 0 bridgehead atoms. The van der Waals surface area contributed by atoms with Crippen molar-refractivity contribution in [2.75, 3.05) is 13.1 Å². The SMILES string of the molecule is O=C(O)[C@H]1CN(C(=O)c2cc(-c3ccccn3)ccc2Cl)C[C@@H]1C1CC1. The van der Waals surface area contributed by atoms with Crippen LogP contribution in [0.5, 0.6) is 0 Å². The van der Waals surface area contributed by atoms with Gasteiger partial charge < -0.3 is 10.0 Å². The van der Waals surface area contributed by atoms with Gasteiger partial charge >= 0.3 is 5.97 Å². The Labute approximate surface area is 156 Å². The molecule has 1 aliphatic carbocycles. The number of hydrogen-bond donors (Lipinski definition) is 1. The van der Waals surface area contributed by atoms with E-state index in [0.717, 1.165) is 24.1 Å². The number of halogens is 1. The first-order valence-corrected chi connectivity index (χ1v) is 9.15. The van der Waals surface area contributed by atoms with Crippen molar-refractivity contribution in [1.82, 2.24) is 9.88 Å². The molecule has 1 aromatic heterocycles. The Morgan fingerprint density at radius 3 is 2.62 bits per heavy atom. The Morgan fingerprint density at radius 1 is 1.15 bits per heavy atom. The minimum atomic E-state index is -0.814. The van der Waals surface area contributed by atoms with Crippen LogP contribution in [-0.2, 0) is 4.79 Å². The highest BCUT2D eigenvalue weighted by Crippen LogP contribution is 2.44. The summed E-state index contributed by atoms with van der Waals surface area (Å²) in [7, 11) is 0. The smallest absolute Gasteiger partial charge is 0.308 e. The van der Waals surface area contributed by atoms with Crippen LogP contribution in [0.15, 0.2) is 42.6 Å². The number of carboxylic acids is 1. The Balaban J connectivity index is 1.61. The van der Waals surface area contributed by atoms with E-state index in [0.29, 0.717) is 23.0 Å². The third kappa shape index (κ3) is 3.19. The van der Waals surface area contributed by atoms with Gasteiger partial charge in [-0.05, 0) is 48.9 Å². The van der Waals surface area contributed by atoms with Crippen LogP contribution in [0, 0.1) is 17.8 Å². The number of pyridine rings is 1. The molecule has 2 aromatic rings. The monoisotopic (exact) mass is 370 g/mol. The molecule has 2 fully saturated rings. The van der Waals surface area contributed by atoms with Gasteiger partial charge in [-0.15, -0.1) is 0 Å². The van der Waals surface area contributed by atoms with Crippen LogP contribution in [0.25, 0.3) is 11.3 Å². The van der Waals surface area contributed by atoms with Gasteiger partial charge in [-0.25, -0.2) is 0 Å². The second-order valence-electron chi connectivity index (χ2n) is 7.07. The van der Waals surface area contributed by atoms with Crippen molar-refractivity contribution in [3.63, 3.8) is 0 Å². The van der Waals surface area contributed by atoms with E-state index < -0.39 is 11.9 Å². The van der Waals surface area contributed by atoms with Crippen molar-refractivity contribution in [1.29, 1.82) is 0 Å². The highest BCUT2D eigenvalue weighted by molar-refractivity contribution is 6.34. The zero-order valence-corrected chi connectivity index (χ0v) is 14.9. The molecule has 1 N–H and O–H groups in total. The lowest BCUT2D eigenvalue weighted by atomic mass is 9.92. The molecule has 0 radical (unpaired) electrons. The standard InChI is InChI=1S/C20H19ClN2O3/c21-17-7-6-13(18-3-1-2-8-22-18)9-14(17)19(24)23-10-15(12-4-5-12)16(11-23)20(25)26/h1-3,6-9,12,15-16H,4-5,10-11H2,(H,25,26)/t15-,16+/m1/s1. The van der Waals surface area contributed by atoms with E-state index >= 15 is 0 Å². The third-order valence-electron chi connectivity index (χ3n) is 5.35. The first kappa shape index (κ1) is 17.0. The first-order valence-electron chi connectivity index (χ1n) is 8.77. The van der Waals surface area contributed by atoms with E-state index in [4.69, 9.17) is 11.6 Å². The quantitative estimate of drug-likeness (QED) is 0.892. The van der Waals surface area contributed by atoms with E-state index in [1.165, 1.54) is 0 Å². The molecule has 2 heterocycles. The zero-order chi connectivity index (χ0) is 18.3. The molecule has 1 saturated carbocycles. The van der Waals surface area contributed by atoms with Gasteiger partial charge in [0, 0.05) is 24.8 Å². The second-order valence-corrected chi connectivity index (χ2v) is 7.47. The van der Waals surface area contributed by atoms with E-state index in [2.05, 4.69) is 4.98 Å². The van der Waals surface area contributed by atoms with Crippen LogP contribution in [0.2, 0.25) is 5.02 Å². The number of nitrogens with zero attached hydrogens (tertiary/aromatic N) is 2. The molecular weight excluding hydrogens is 352 g/mol. The molecule has 6 heteroatoms. The topological polar surface area (TPSA) is 70.5 Å². The van der Waals surface area contributed by atoms with Gasteiger partial charge in [-0.3, -0.25) is 14.6 Å². The Hall–Kier alpha value is -2.40. The molecule has 134 valence electrons. The number of benzene rings is 1. The molecular formula is C20H19ClN2O3. The van der Waals surface area contributed by atoms with Gasteiger partial charge in [-0.2, -0.15) is 0 Å². The summed E-state index contributed by atoms with van der Waals surface area (Å²) in [6, 6.07) is 10.9. The lowest BCUT2D eigenvalue weighted by Crippen LogP contribution is -2.30. The van der Waals surface area contributed by atoms with Crippen LogP contribution in [-0.4, -0.2) is 40.0 Å². The molecule has 2 atom stereocenters. The fourth-order valence-electron chi connectivity index (χ4n) is 3.81. The molecule has 1 saturated heterocycles. The van der Waals surface area contributed by atoms with Gasteiger partial charge in [0.1, 0.15) is 0 Å². The number of aromatic nitrogens is 1. The number of carbonyl (C=O) groups is 2. The number of amides is 1. The lowest BCUT2D eigenvalue weighted by molar-refractivity contribution is -0.142. The third-order valence-corrected chi connectivity index (χ3v) is 5.68. The first-order chi connectivity index (χ1) is 12.5. The maximum absolute atomic E-state index is 13.0. The zero-order valence-electron chi connectivity index (χ0n) is 14.1. The van der Waals surface area contributed by atoms with Crippen molar-refractivity contribution in [3.8, 4) is 11.3 Å². The number of hydrogen-bond acceptors (Lipinski definition) is 3. The van der Waals surface area contributed by atoms with Gasteiger partial charge in [0.2, 0.25) is 0 Å². The van der Waals surface area contributed by atoms with Gasteiger partial charge in [0.05, 0.1) is 22.2 Å². The molecule has 5 nitrogen and oxygen atoms in total. The Bertz CT molecular complexity index is 851. The molecule has 2 aliphatic rings. The van der Waals surface area contributed by atoms with Crippen LogP contribution in [0.4, 0.5) is 0 Å². The average Bonchev–Trinajstić information content (AvgIpc) is 3.40. The van der Waals surface area contributed by atoms with E-state index in [1.54, 1.807) is 23.2 Å². The summed E-state index contributed by atoms with van der Waals surface area (Å²) in [5.41, 5.74) is 1.97. The molecule has 0 unspecified atom stereocenters. The summed E-state index contributed by atoms with van der Waals surface area (Å²) in [6.45, 7) is 0.740. The number of carboxylic acid groups (broad SMARTS) is 1. The van der Waals surface area contributed by atoms with Crippen molar-refractivity contribution in [2.45, 2.75) is 12.8 Å². The second kappa shape index (κ2) is 6.72. The average molecular weight is 371 g/mol. The summed E-state index contributed by atoms with van der Waals surface area (Å²) in [4.78, 5) is 30.6. The van der Waals surface area contributed by atoms with Crippen LogP contribution in [0.3, 0.4) is 0 Å². The molecule has 4 rings (SSSR count). The summed E-state index contributed by atoms with van der Waals surface area (Å²) in [5, 5.41) is 9.88. The maximum Gasteiger partial charge on any atom is 0.308 e. The van der Waals surface area contributed by atoms with E-state index in [9.17, 15) is 14.7 Å². The maximum atomic E-state index is 13.0. The molecule has 1 aliphatic heterocycles. The number of rotatable bonds is 4. The van der Waals surface area contributed by atoms with Gasteiger partial charge in [0.15, 0.2) is 0 Å². The highest BCUT2D eigenvalue weighted by Gasteiger charge is 2.47. The summed E-state index contributed by atoms with van der Waals surface area (Å²) in [6.07, 6.45) is 3.82. The van der Waals surface area contributed by atoms with E-state index in [-0.39, 0.29) is 18.4 Å². The normalized spacial score (nSPS) is 22.4. The number of likely N-dealkylation sites (tertiary alicyclic amines) is 1. The molecule has 1 amide bonds. The summed E-state index contributed by atoms with van der Waals surface area (Å²) < 4.78 is 0. The van der Waals surface area contributed by atoms with Crippen LogP contribution < -0.4 is 0 Å². The summed E-state index contributed by atoms with van der Waals surface area (Å²) in [5.74, 6) is -1.02. The minimum Gasteiger partial charge on any atom is -0.481 e. The fourth-order valence-corrected chi connectivity index (χ4v) is 4.01. The van der Waals surface area contributed by atoms with Crippen molar-refractivity contribution in [2.24, 2.45) is 17.8 Å². The minimum absolute atomic E-state index is 0.0502. The molecule has 1 aromatic carbocycles. The van der Waals surface area contributed by atoms with Gasteiger partial charge in [0.25, 0.3) is 5.91 Å². The van der Waals surface area contributed by atoms with Crippen LogP contribution >= 0.6 is 11.6 Å². The van der Waals surface area contributed by atoms with Crippen molar-refractivity contribution in [3.05, 3.63) is 53.2 Å². The lowest BCUT2D eigenvalue weighted by Gasteiger charge is -2.17. The largest absolute Gasteiger partial charge is 0.481 e.